The molecule has 1 aliphatic rings. The van der Waals surface area contributed by atoms with E-state index in [9.17, 15) is 4.79 Å². The number of carbonyl (C=O) groups excluding carboxylic acids is 1. The van der Waals surface area contributed by atoms with Crippen LogP contribution >= 0.6 is 0 Å². The van der Waals surface area contributed by atoms with Crippen LogP contribution in [-0.4, -0.2) is 13.1 Å². The molecule has 3 rings (SSSR count). The number of carbonyl (C=O) groups is 1. The minimum absolute atomic E-state index is 0.267. The molecule has 0 unspecified atom stereocenters. The Morgan fingerprint density at radius 3 is 2.94 bits per heavy atom. The Hall–Kier alpha value is -2.03. The average molecular weight is 228 g/mol. The Labute approximate surface area is 98.7 Å². The summed E-state index contributed by atoms with van der Waals surface area (Å²) in [6, 6.07) is 7.94. The Bertz CT molecular complexity index is 619. The van der Waals surface area contributed by atoms with Crippen LogP contribution in [0.15, 0.2) is 34.3 Å². The lowest BCUT2D eigenvalue weighted by atomic mass is 9.95. The van der Waals surface area contributed by atoms with E-state index in [-0.39, 0.29) is 5.97 Å². The molecule has 0 amide bonds. The van der Waals surface area contributed by atoms with Crippen molar-refractivity contribution >= 4 is 23.0 Å². The van der Waals surface area contributed by atoms with Gasteiger partial charge >= 0.3 is 5.97 Å². The molecule has 1 aromatic carbocycles. The maximum atomic E-state index is 11.5. The molecule has 0 spiro atoms. The molecule has 0 saturated carbocycles. The van der Waals surface area contributed by atoms with Gasteiger partial charge in [0.25, 0.3) is 0 Å². The quantitative estimate of drug-likeness (QED) is 0.704. The van der Waals surface area contributed by atoms with Gasteiger partial charge in [0.15, 0.2) is 0 Å². The Balaban J connectivity index is 2.14. The lowest BCUT2D eigenvalue weighted by Crippen LogP contribution is -2.08. The van der Waals surface area contributed by atoms with Crippen molar-refractivity contribution in [2.24, 2.45) is 0 Å². The predicted octanol–water partition coefficient (Wildman–Crippen LogP) is 2.94. The molecule has 3 heteroatoms. The van der Waals surface area contributed by atoms with Crippen LogP contribution in [0.1, 0.15) is 17.7 Å². The molecule has 0 saturated heterocycles. The van der Waals surface area contributed by atoms with Gasteiger partial charge in [-0.05, 0) is 25.0 Å². The molecule has 0 aliphatic heterocycles. The highest BCUT2D eigenvalue weighted by molar-refractivity contribution is 5.96. The van der Waals surface area contributed by atoms with E-state index >= 15 is 0 Å². The molecular weight excluding hydrogens is 216 g/mol. The number of furan rings is 1. The first-order valence-electron chi connectivity index (χ1n) is 5.59. The van der Waals surface area contributed by atoms with Gasteiger partial charge in [-0.3, -0.25) is 0 Å². The average Bonchev–Trinajstić information content (AvgIpc) is 2.75. The number of methoxy groups -OCH3 is 1. The van der Waals surface area contributed by atoms with Crippen molar-refractivity contribution < 1.29 is 13.9 Å². The number of hydrogen-bond acceptors (Lipinski definition) is 3. The summed E-state index contributed by atoms with van der Waals surface area (Å²) in [7, 11) is 1.40. The molecule has 1 aliphatic carbocycles. The van der Waals surface area contributed by atoms with Gasteiger partial charge in [0.05, 0.1) is 7.11 Å². The first-order chi connectivity index (χ1) is 8.29. The second-order valence-corrected chi connectivity index (χ2v) is 4.10. The lowest BCUT2D eigenvalue weighted by Gasteiger charge is -2.10. The number of ether oxygens (including phenoxy) is 1. The molecule has 0 N–H and O–H groups in total. The van der Waals surface area contributed by atoms with Crippen molar-refractivity contribution in [3.63, 3.8) is 0 Å². The number of esters is 1. The van der Waals surface area contributed by atoms with Crippen molar-refractivity contribution in [3.8, 4) is 0 Å². The van der Waals surface area contributed by atoms with Crippen LogP contribution in [0.3, 0.4) is 0 Å². The van der Waals surface area contributed by atoms with Crippen molar-refractivity contribution in [1.29, 1.82) is 0 Å². The summed E-state index contributed by atoms with van der Waals surface area (Å²) in [5, 5.41) is 1.14. The van der Waals surface area contributed by atoms with Gasteiger partial charge in [0.1, 0.15) is 11.3 Å². The molecule has 0 radical (unpaired) electrons. The lowest BCUT2D eigenvalue weighted by molar-refractivity contribution is -0.136. The fourth-order valence-corrected chi connectivity index (χ4v) is 2.27. The molecule has 0 bridgehead atoms. The maximum Gasteiger partial charge on any atom is 0.333 e. The van der Waals surface area contributed by atoms with Gasteiger partial charge in [0, 0.05) is 16.5 Å². The molecule has 1 heterocycles. The third-order valence-corrected chi connectivity index (χ3v) is 3.13. The first-order valence-corrected chi connectivity index (χ1v) is 5.59. The highest BCUT2D eigenvalue weighted by Crippen LogP contribution is 2.33. The minimum atomic E-state index is -0.267. The van der Waals surface area contributed by atoms with Gasteiger partial charge in [-0.2, -0.15) is 0 Å². The normalized spacial score (nSPS) is 14.3. The highest BCUT2D eigenvalue weighted by Gasteiger charge is 2.21. The van der Waals surface area contributed by atoms with Crippen molar-refractivity contribution in [2.45, 2.75) is 12.8 Å². The SMILES string of the molecule is COC(=O)C1=Cc2oc3ccccc3c2CC1. The van der Waals surface area contributed by atoms with Gasteiger partial charge in [-0.25, -0.2) is 4.79 Å². The number of hydrogen-bond donors (Lipinski definition) is 0. The van der Waals surface area contributed by atoms with Crippen LogP contribution in [-0.2, 0) is 16.0 Å². The van der Waals surface area contributed by atoms with E-state index in [4.69, 9.17) is 9.15 Å². The summed E-state index contributed by atoms with van der Waals surface area (Å²) in [5.41, 5.74) is 2.74. The zero-order chi connectivity index (χ0) is 11.8. The summed E-state index contributed by atoms with van der Waals surface area (Å²) in [4.78, 5) is 11.5. The van der Waals surface area contributed by atoms with Gasteiger partial charge < -0.3 is 9.15 Å². The minimum Gasteiger partial charge on any atom is -0.466 e. The van der Waals surface area contributed by atoms with Gasteiger partial charge in [-0.1, -0.05) is 18.2 Å². The Kier molecular flexibility index (Phi) is 2.25. The predicted molar refractivity (Wildman–Crippen MR) is 64.5 cm³/mol. The number of aryl methyl sites for hydroxylation is 1. The second-order valence-electron chi connectivity index (χ2n) is 4.10. The molecule has 17 heavy (non-hydrogen) atoms. The molecule has 3 nitrogen and oxygen atoms in total. The van der Waals surface area contributed by atoms with E-state index in [0.717, 1.165) is 23.2 Å². The smallest absolute Gasteiger partial charge is 0.333 e. The standard InChI is InChI=1S/C14H12O3/c1-16-14(15)9-6-7-11-10-4-2-3-5-12(10)17-13(11)8-9/h2-5,8H,6-7H2,1H3. The third-order valence-electron chi connectivity index (χ3n) is 3.13. The fraction of sp³-hybridized carbons (Fsp3) is 0.214. The molecule has 0 fully saturated rings. The van der Waals surface area contributed by atoms with Crippen LogP contribution < -0.4 is 0 Å². The zero-order valence-electron chi connectivity index (χ0n) is 9.53. The van der Waals surface area contributed by atoms with Crippen molar-refractivity contribution in [3.05, 3.63) is 41.2 Å². The number of benzene rings is 1. The summed E-state index contributed by atoms with van der Waals surface area (Å²) < 4.78 is 10.5. The van der Waals surface area contributed by atoms with Crippen molar-refractivity contribution in [2.75, 3.05) is 7.11 Å². The first kappa shape index (κ1) is 10.1. The third kappa shape index (κ3) is 1.55. The van der Waals surface area contributed by atoms with E-state index in [1.54, 1.807) is 6.08 Å². The second kappa shape index (κ2) is 3.77. The van der Waals surface area contributed by atoms with E-state index in [1.165, 1.54) is 12.7 Å². The van der Waals surface area contributed by atoms with Crippen molar-refractivity contribution in [1.82, 2.24) is 0 Å². The molecule has 0 atom stereocenters. The van der Waals surface area contributed by atoms with Gasteiger partial charge in [-0.15, -0.1) is 0 Å². The van der Waals surface area contributed by atoms with E-state index in [0.29, 0.717) is 12.0 Å². The number of fused-ring (bicyclic) bond motifs is 3. The number of para-hydroxylation sites is 1. The van der Waals surface area contributed by atoms with Crippen LogP contribution in [0, 0.1) is 0 Å². The topological polar surface area (TPSA) is 39.4 Å². The van der Waals surface area contributed by atoms with Gasteiger partial charge in [0.2, 0.25) is 0 Å². The Morgan fingerprint density at radius 2 is 2.12 bits per heavy atom. The summed E-state index contributed by atoms with van der Waals surface area (Å²) in [6.07, 6.45) is 3.33. The van der Waals surface area contributed by atoms with Crippen LogP contribution in [0.2, 0.25) is 0 Å². The fourth-order valence-electron chi connectivity index (χ4n) is 2.27. The molecule has 86 valence electrons. The van der Waals surface area contributed by atoms with Crippen LogP contribution in [0.4, 0.5) is 0 Å². The maximum absolute atomic E-state index is 11.5. The zero-order valence-corrected chi connectivity index (χ0v) is 9.53. The van der Waals surface area contributed by atoms with Crippen LogP contribution in [0.5, 0.6) is 0 Å². The summed E-state index contributed by atoms with van der Waals surface area (Å²) in [5.74, 6) is 0.522. The summed E-state index contributed by atoms with van der Waals surface area (Å²) >= 11 is 0. The molecule has 2 aromatic rings. The van der Waals surface area contributed by atoms with E-state index in [1.807, 2.05) is 18.2 Å². The van der Waals surface area contributed by atoms with E-state index < -0.39 is 0 Å². The van der Waals surface area contributed by atoms with E-state index in [2.05, 4.69) is 6.07 Å². The summed E-state index contributed by atoms with van der Waals surface area (Å²) in [6.45, 7) is 0. The molecular formula is C14H12O3. The van der Waals surface area contributed by atoms with Crippen LogP contribution in [0.25, 0.3) is 17.0 Å². The Morgan fingerprint density at radius 1 is 1.29 bits per heavy atom. The largest absolute Gasteiger partial charge is 0.466 e. The number of rotatable bonds is 1. The highest BCUT2D eigenvalue weighted by atomic mass is 16.5. The monoisotopic (exact) mass is 228 g/mol. The molecule has 1 aromatic heterocycles.